The number of rotatable bonds is 0. The van der Waals surface area contributed by atoms with Crippen LogP contribution in [-0.4, -0.2) is 9.78 Å². The summed E-state index contributed by atoms with van der Waals surface area (Å²) in [5.41, 5.74) is 1.06. The average Bonchev–Trinajstić information content (AvgIpc) is 2.27. The second-order valence-electron chi connectivity index (χ2n) is 2.99. The Kier molecular flexibility index (Phi) is 1.58. The Morgan fingerprint density at radius 2 is 2.00 bits per heavy atom. The van der Waals surface area contributed by atoms with E-state index in [1.807, 2.05) is 0 Å². The topological polar surface area (TPSA) is 17.8 Å². The third-order valence-corrected chi connectivity index (χ3v) is 2.04. The molecule has 0 saturated heterocycles. The molecule has 1 heterocycles. The average molecular weight is 182 g/mol. The van der Waals surface area contributed by atoms with Crippen LogP contribution in [0.25, 0.3) is 10.9 Å². The van der Waals surface area contributed by atoms with E-state index in [0.717, 1.165) is 6.07 Å². The van der Waals surface area contributed by atoms with Crippen molar-refractivity contribution in [2.75, 3.05) is 0 Å². The van der Waals surface area contributed by atoms with E-state index in [0.29, 0.717) is 16.6 Å². The quantitative estimate of drug-likeness (QED) is 0.610. The maximum absolute atomic E-state index is 13.2. The molecule has 1 aromatic carbocycles. The van der Waals surface area contributed by atoms with Gasteiger partial charge >= 0.3 is 0 Å². The molecular formula is C9H8F2N2. The second kappa shape index (κ2) is 2.52. The van der Waals surface area contributed by atoms with Crippen molar-refractivity contribution in [2.24, 2.45) is 7.05 Å². The van der Waals surface area contributed by atoms with Gasteiger partial charge in [0.1, 0.15) is 11.6 Å². The van der Waals surface area contributed by atoms with Crippen molar-refractivity contribution in [3.63, 3.8) is 0 Å². The minimum Gasteiger partial charge on any atom is -0.267 e. The van der Waals surface area contributed by atoms with Gasteiger partial charge in [0.05, 0.1) is 16.6 Å². The minimum absolute atomic E-state index is 0.393. The predicted molar refractivity (Wildman–Crippen MR) is 45.4 cm³/mol. The van der Waals surface area contributed by atoms with Crippen molar-refractivity contribution in [3.8, 4) is 0 Å². The van der Waals surface area contributed by atoms with Gasteiger partial charge < -0.3 is 0 Å². The highest BCUT2D eigenvalue weighted by atomic mass is 19.1. The molecule has 0 fully saturated rings. The van der Waals surface area contributed by atoms with Crippen LogP contribution in [0.1, 0.15) is 5.69 Å². The molecular weight excluding hydrogens is 174 g/mol. The standard InChI is InChI=1S/C9H8F2N2/c1-5-9-7(11)3-6(10)4-8(9)13(2)12-5/h3-4H,1-2H3. The zero-order valence-electron chi connectivity index (χ0n) is 7.31. The molecule has 0 spiro atoms. The second-order valence-corrected chi connectivity index (χ2v) is 2.99. The SMILES string of the molecule is Cc1nn(C)c2cc(F)cc(F)c12. The van der Waals surface area contributed by atoms with Crippen LogP contribution >= 0.6 is 0 Å². The molecule has 68 valence electrons. The predicted octanol–water partition coefficient (Wildman–Crippen LogP) is 2.16. The number of aromatic nitrogens is 2. The van der Waals surface area contributed by atoms with Gasteiger partial charge in [-0.3, -0.25) is 4.68 Å². The van der Waals surface area contributed by atoms with Gasteiger partial charge in [0.25, 0.3) is 0 Å². The Morgan fingerprint density at radius 1 is 1.31 bits per heavy atom. The number of halogens is 2. The fourth-order valence-corrected chi connectivity index (χ4v) is 1.50. The highest BCUT2D eigenvalue weighted by molar-refractivity contribution is 5.82. The molecule has 2 aromatic rings. The molecule has 0 bridgehead atoms. The van der Waals surface area contributed by atoms with E-state index in [-0.39, 0.29) is 0 Å². The smallest absolute Gasteiger partial charge is 0.137 e. The first kappa shape index (κ1) is 8.16. The van der Waals surface area contributed by atoms with Gasteiger partial charge in [-0.25, -0.2) is 8.78 Å². The Balaban J connectivity index is 2.97. The van der Waals surface area contributed by atoms with E-state index < -0.39 is 11.6 Å². The summed E-state index contributed by atoms with van der Waals surface area (Å²) in [6.45, 7) is 1.70. The van der Waals surface area contributed by atoms with E-state index in [9.17, 15) is 8.78 Å². The minimum atomic E-state index is -0.576. The monoisotopic (exact) mass is 182 g/mol. The maximum atomic E-state index is 13.2. The number of nitrogens with zero attached hydrogens (tertiary/aromatic N) is 2. The molecule has 0 N–H and O–H groups in total. The lowest BCUT2D eigenvalue weighted by Crippen LogP contribution is -1.90. The normalized spacial score (nSPS) is 11.1. The molecule has 0 aliphatic heterocycles. The summed E-state index contributed by atoms with van der Waals surface area (Å²) in [7, 11) is 1.66. The van der Waals surface area contributed by atoms with Crippen molar-refractivity contribution in [1.82, 2.24) is 9.78 Å². The van der Waals surface area contributed by atoms with E-state index in [4.69, 9.17) is 0 Å². The summed E-state index contributed by atoms with van der Waals surface area (Å²) in [4.78, 5) is 0. The van der Waals surface area contributed by atoms with E-state index in [1.165, 1.54) is 10.7 Å². The van der Waals surface area contributed by atoms with Gasteiger partial charge in [0.2, 0.25) is 0 Å². The van der Waals surface area contributed by atoms with Crippen LogP contribution in [0.4, 0.5) is 8.78 Å². The summed E-state index contributed by atoms with van der Waals surface area (Å²) in [6, 6.07) is 2.15. The Bertz CT molecular complexity index is 474. The van der Waals surface area contributed by atoms with Crippen LogP contribution < -0.4 is 0 Å². The first-order valence-electron chi connectivity index (χ1n) is 3.88. The number of aryl methyl sites for hydroxylation is 2. The zero-order valence-corrected chi connectivity index (χ0v) is 7.31. The summed E-state index contributed by atoms with van der Waals surface area (Å²) < 4.78 is 27.5. The van der Waals surface area contributed by atoms with Gasteiger partial charge in [0.15, 0.2) is 0 Å². The summed E-state index contributed by atoms with van der Waals surface area (Å²) >= 11 is 0. The lowest BCUT2D eigenvalue weighted by atomic mass is 10.2. The van der Waals surface area contributed by atoms with Gasteiger partial charge in [-0.15, -0.1) is 0 Å². The molecule has 1 aromatic heterocycles. The summed E-state index contributed by atoms with van der Waals surface area (Å²) in [5.74, 6) is -1.13. The van der Waals surface area contributed by atoms with Crippen LogP contribution in [0.2, 0.25) is 0 Å². The van der Waals surface area contributed by atoms with E-state index in [2.05, 4.69) is 5.10 Å². The van der Waals surface area contributed by atoms with Crippen molar-refractivity contribution < 1.29 is 8.78 Å². The third kappa shape index (κ3) is 1.09. The first-order valence-corrected chi connectivity index (χ1v) is 3.88. The van der Waals surface area contributed by atoms with Crippen molar-refractivity contribution in [2.45, 2.75) is 6.92 Å². The molecule has 0 amide bonds. The van der Waals surface area contributed by atoms with Crippen molar-refractivity contribution in [3.05, 3.63) is 29.5 Å². The molecule has 2 rings (SSSR count). The molecule has 13 heavy (non-hydrogen) atoms. The third-order valence-electron chi connectivity index (χ3n) is 2.04. The Hall–Kier alpha value is -1.45. The lowest BCUT2D eigenvalue weighted by molar-refractivity contribution is 0.591. The van der Waals surface area contributed by atoms with E-state index >= 15 is 0 Å². The Labute approximate surface area is 73.8 Å². The van der Waals surface area contributed by atoms with Gasteiger partial charge in [0, 0.05) is 13.1 Å². The zero-order chi connectivity index (χ0) is 9.59. The summed E-state index contributed by atoms with van der Waals surface area (Å²) in [6.07, 6.45) is 0. The molecule has 0 saturated carbocycles. The molecule has 0 unspecified atom stereocenters. The van der Waals surface area contributed by atoms with Gasteiger partial charge in [-0.2, -0.15) is 5.10 Å². The Morgan fingerprint density at radius 3 is 2.69 bits per heavy atom. The van der Waals surface area contributed by atoms with E-state index in [1.54, 1.807) is 14.0 Å². The largest absolute Gasteiger partial charge is 0.267 e. The molecule has 2 nitrogen and oxygen atoms in total. The van der Waals surface area contributed by atoms with Crippen LogP contribution in [0.5, 0.6) is 0 Å². The van der Waals surface area contributed by atoms with Crippen LogP contribution in [0.15, 0.2) is 12.1 Å². The maximum Gasteiger partial charge on any atom is 0.137 e. The fraction of sp³-hybridized carbons (Fsp3) is 0.222. The number of fused-ring (bicyclic) bond motifs is 1. The number of benzene rings is 1. The van der Waals surface area contributed by atoms with Crippen molar-refractivity contribution >= 4 is 10.9 Å². The van der Waals surface area contributed by atoms with Crippen LogP contribution in [0.3, 0.4) is 0 Å². The highest BCUT2D eigenvalue weighted by Gasteiger charge is 2.11. The molecule has 0 aliphatic carbocycles. The summed E-state index contributed by atoms with van der Waals surface area (Å²) in [5, 5.41) is 4.39. The number of hydrogen-bond acceptors (Lipinski definition) is 1. The first-order chi connectivity index (χ1) is 6.09. The number of hydrogen-bond donors (Lipinski definition) is 0. The molecule has 0 radical (unpaired) electrons. The molecule has 0 atom stereocenters. The highest BCUT2D eigenvalue weighted by Crippen LogP contribution is 2.21. The van der Waals surface area contributed by atoms with Crippen LogP contribution in [-0.2, 0) is 7.05 Å². The van der Waals surface area contributed by atoms with Crippen molar-refractivity contribution in [1.29, 1.82) is 0 Å². The molecule has 0 aliphatic rings. The lowest BCUT2D eigenvalue weighted by Gasteiger charge is -1.95. The van der Waals surface area contributed by atoms with Gasteiger partial charge in [-0.05, 0) is 13.0 Å². The molecule has 4 heteroatoms. The fourth-order valence-electron chi connectivity index (χ4n) is 1.50. The van der Waals surface area contributed by atoms with Gasteiger partial charge in [-0.1, -0.05) is 0 Å². The van der Waals surface area contributed by atoms with Crippen LogP contribution in [0, 0.1) is 18.6 Å².